The molecule has 3 aromatic rings. The van der Waals surface area contributed by atoms with Gasteiger partial charge in [0, 0.05) is 25.5 Å². The van der Waals surface area contributed by atoms with Crippen molar-refractivity contribution >= 4 is 10.0 Å². The first kappa shape index (κ1) is 20.2. The molecule has 0 aliphatic heterocycles. The molecule has 0 aliphatic rings. The van der Waals surface area contributed by atoms with Crippen molar-refractivity contribution < 1.29 is 12.8 Å². The summed E-state index contributed by atoms with van der Waals surface area (Å²) in [5.41, 5.74) is 3.10. The van der Waals surface area contributed by atoms with E-state index in [4.69, 9.17) is 0 Å². The largest absolute Gasteiger partial charge is 0.264 e. The Labute approximate surface area is 165 Å². The fourth-order valence-corrected chi connectivity index (χ4v) is 4.46. The highest BCUT2D eigenvalue weighted by Crippen LogP contribution is 2.17. The van der Waals surface area contributed by atoms with E-state index < -0.39 is 10.0 Å². The van der Waals surface area contributed by atoms with Crippen LogP contribution in [0.4, 0.5) is 4.39 Å². The van der Waals surface area contributed by atoms with Gasteiger partial charge < -0.3 is 0 Å². The van der Waals surface area contributed by atoms with Crippen LogP contribution >= 0.6 is 0 Å². The van der Waals surface area contributed by atoms with E-state index in [2.05, 4.69) is 4.98 Å². The van der Waals surface area contributed by atoms with E-state index in [-0.39, 0.29) is 24.7 Å². The van der Waals surface area contributed by atoms with Crippen LogP contribution in [0.5, 0.6) is 0 Å². The summed E-state index contributed by atoms with van der Waals surface area (Å²) in [7, 11) is -3.59. The number of nitrogens with zero attached hydrogens (tertiary/aromatic N) is 2. The number of aryl methyl sites for hydroxylation is 1. The maximum absolute atomic E-state index is 14.0. The van der Waals surface area contributed by atoms with Crippen molar-refractivity contribution in [3.8, 4) is 0 Å². The number of rotatable bonds is 8. The number of sulfonamides is 1. The number of hydrogen-bond acceptors (Lipinski definition) is 3. The molecule has 0 aliphatic carbocycles. The van der Waals surface area contributed by atoms with Gasteiger partial charge >= 0.3 is 0 Å². The maximum Gasteiger partial charge on any atom is 0.218 e. The number of pyridine rings is 1. The van der Waals surface area contributed by atoms with Gasteiger partial charge in [0.25, 0.3) is 0 Å². The van der Waals surface area contributed by atoms with Crippen LogP contribution in [0, 0.1) is 12.7 Å². The minimum Gasteiger partial charge on any atom is -0.264 e. The minimum atomic E-state index is -3.59. The van der Waals surface area contributed by atoms with Gasteiger partial charge in [0.2, 0.25) is 10.0 Å². The number of hydrogen-bond donors (Lipinski definition) is 0. The lowest BCUT2D eigenvalue weighted by molar-refractivity contribution is 0.406. The third-order valence-corrected chi connectivity index (χ3v) is 6.33. The van der Waals surface area contributed by atoms with Crippen LogP contribution in [0.3, 0.4) is 0 Å². The van der Waals surface area contributed by atoms with Crippen LogP contribution in [0.25, 0.3) is 0 Å². The van der Waals surface area contributed by atoms with Gasteiger partial charge in [-0.15, -0.1) is 0 Å². The fourth-order valence-electron chi connectivity index (χ4n) is 2.94. The monoisotopic (exact) mass is 398 g/mol. The van der Waals surface area contributed by atoms with E-state index in [0.717, 1.165) is 16.7 Å². The first-order chi connectivity index (χ1) is 13.4. The Balaban J connectivity index is 1.81. The zero-order valence-electron chi connectivity index (χ0n) is 15.8. The predicted octanol–water partition coefficient (Wildman–Crippen LogP) is 4.10. The topological polar surface area (TPSA) is 50.3 Å². The molecule has 28 heavy (non-hydrogen) atoms. The summed E-state index contributed by atoms with van der Waals surface area (Å²) in [5, 5.41) is 0. The molecule has 0 bridgehead atoms. The lowest BCUT2D eigenvalue weighted by Crippen LogP contribution is -2.33. The maximum atomic E-state index is 14.0. The summed E-state index contributed by atoms with van der Waals surface area (Å²) >= 11 is 0. The molecule has 6 heteroatoms. The molecule has 0 saturated carbocycles. The SMILES string of the molecule is Cc1ccc(CS(=O)(=O)N(CCc2ccccc2F)Cc2cccnc2)cc1. The first-order valence-corrected chi connectivity index (χ1v) is 10.7. The van der Waals surface area contributed by atoms with Crippen molar-refractivity contribution in [1.82, 2.24) is 9.29 Å². The highest BCUT2D eigenvalue weighted by Gasteiger charge is 2.23. The quantitative estimate of drug-likeness (QED) is 0.574. The van der Waals surface area contributed by atoms with Crippen LogP contribution in [-0.2, 0) is 28.7 Å². The van der Waals surface area contributed by atoms with Gasteiger partial charge in [-0.25, -0.2) is 12.8 Å². The number of halogens is 1. The van der Waals surface area contributed by atoms with Crippen LogP contribution in [-0.4, -0.2) is 24.3 Å². The van der Waals surface area contributed by atoms with Crippen LogP contribution in [0.15, 0.2) is 73.1 Å². The van der Waals surface area contributed by atoms with E-state index in [9.17, 15) is 12.8 Å². The third kappa shape index (κ3) is 5.47. The minimum absolute atomic E-state index is 0.0924. The van der Waals surface area contributed by atoms with Crippen molar-refractivity contribution in [2.45, 2.75) is 25.6 Å². The van der Waals surface area contributed by atoms with E-state index in [1.807, 2.05) is 37.3 Å². The van der Waals surface area contributed by atoms with Crippen molar-refractivity contribution in [2.75, 3.05) is 6.54 Å². The van der Waals surface area contributed by atoms with Gasteiger partial charge in [0.15, 0.2) is 0 Å². The molecular weight excluding hydrogens is 375 g/mol. The molecule has 146 valence electrons. The van der Waals surface area contributed by atoms with E-state index in [1.54, 1.807) is 36.7 Å². The standard InChI is InChI=1S/C22H23FN2O2S/c1-18-8-10-19(11-9-18)17-28(26,27)25(16-20-5-4-13-24-15-20)14-12-21-6-2-3-7-22(21)23/h2-11,13,15H,12,14,16-17H2,1H3. The Hall–Kier alpha value is -2.57. The highest BCUT2D eigenvalue weighted by molar-refractivity contribution is 7.88. The molecule has 0 radical (unpaired) electrons. The molecular formula is C22H23FN2O2S. The second kappa shape index (κ2) is 9.08. The van der Waals surface area contributed by atoms with Crippen molar-refractivity contribution in [3.05, 3.63) is 101 Å². The van der Waals surface area contributed by atoms with Gasteiger partial charge in [0.05, 0.1) is 5.75 Å². The number of benzene rings is 2. The van der Waals surface area contributed by atoms with Crippen LogP contribution < -0.4 is 0 Å². The molecule has 0 saturated heterocycles. The van der Waals surface area contributed by atoms with Gasteiger partial charge in [-0.1, -0.05) is 54.1 Å². The van der Waals surface area contributed by atoms with E-state index in [0.29, 0.717) is 12.0 Å². The molecule has 0 N–H and O–H groups in total. The normalized spacial score (nSPS) is 11.7. The first-order valence-electron chi connectivity index (χ1n) is 9.10. The van der Waals surface area contributed by atoms with Gasteiger partial charge in [-0.2, -0.15) is 4.31 Å². The summed E-state index contributed by atoms with van der Waals surface area (Å²) in [6, 6.07) is 17.5. The molecule has 0 spiro atoms. The Morgan fingerprint density at radius 3 is 2.39 bits per heavy atom. The molecule has 4 nitrogen and oxygen atoms in total. The molecule has 0 amide bonds. The average Bonchev–Trinajstić information content (AvgIpc) is 2.68. The van der Waals surface area contributed by atoms with Crippen LogP contribution in [0.1, 0.15) is 22.3 Å². The average molecular weight is 399 g/mol. The van der Waals surface area contributed by atoms with Crippen molar-refractivity contribution in [1.29, 1.82) is 0 Å². The van der Waals surface area contributed by atoms with Gasteiger partial charge in [-0.05, 0) is 42.2 Å². The Morgan fingerprint density at radius 2 is 1.71 bits per heavy atom. The van der Waals surface area contributed by atoms with Crippen molar-refractivity contribution in [3.63, 3.8) is 0 Å². The van der Waals surface area contributed by atoms with Crippen molar-refractivity contribution in [2.24, 2.45) is 0 Å². The Bertz CT molecular complexity index is 1010. The van der Waals surface area contributed by atoms with Gasteiger partial charge in [-0.3, -0.25) is 4.98 Å². The summed E-state index contributed by atoms with van der Waals surface area (Å²) < 4.78 is 41.6. The zero-order chi connectivity index (χ0) is 20.0. The second-order valence-corrected chi connectivity index (χ2v) is 8.75. The molecule has 0 fully saturated rings. The summed E-state index contributed by atoms with van der Waals surface area (Å²) in [6.07, 6.45) is 3.60. The fraction of sp³-hybridized carbons (Fsp3) is 0.227. The van der Waals surface area contributed by atoms with Crippen LogP contribution in [0.2, 0.25) is 0 Å². The molecule has 3 rings (SSSR count). The zero-order valence-corrected chi connectivity index (χ0v) is 16.6. The highest BCUT2D eigenvalue weighted by atomic mass is 32.2. The Kier molecular flexibility index (Phi) is 6.54. The summed E-state index contributed by atoms with van der Waals surface area (Å²) in [4.78, 5) is 4.06. The molecule has 2 aromatic carbocycles. The van der Waals surface area contributed by atoms with E-state index >= 15 is 0 Å². The second-order valence-electron chi connectivity index (χ2n) is 6.78. The molecule has 1 heterocycles. The lowest BCUT2D eigenvalue weighted by atomic mass is 10.1. The third-order valence-electron chi connectivity index (χ3n) is 4.53. The molecule has 1 aromatic heterocycles. The summed E-state index contributed by atoms with van der Waals surface area (Å²) in [6.45, 7) is 2.36. The number of aromatic nitrogens is 1. The smallest absolute Gasteiger partial charge is 0.218 e. The molecule has 0 atom stereocenters. The molecule has 0 unspecified atom stereocenters. The lowest BCUT2D eigenvalue weighted by Gasteiger charge is -2.22. The Morgan fingerprint density at radius 1 is 0.964 bits per heavy atom. The summed E-state index contributed by atoms with van der Waals surface area (Å²) in [5.74, 6) is -0.412. The van der Waals surface area contributed by atoms with E-state index in [1.165, 1.54) is 10.4 Å². The van der Waals surface area contributed by atoms with Gasteiger partial charge in [0.1, 0.15) is 5.82 Å². The predicted molar refractivity (Wildman–Crippen MR) is 109 cm³/mol.